The van der Waals surface area contributed by atoms with E-state index in [4.69, 9.17) is 4.74 Å². The molecule has 31 heavy (non-hydrogen) atoms. The zero-order chi connectivity index (χ0) is 21.4. The number of hydrogen-bond acceptors (Lipinski definition) is 4. The first-order chi connectivity index (χ1) is 15.1. The van der Waals surface area contributed by atoms with Crippen LogP contribution in [0.4, 0.5) is 4.39 Å². The number of benzene rings is 2. The topological polar surface area (TPSA) is 54.8 Å². The van der Waals surface area contributed by atoms with Crippen molar-refractivity contribution in [1.82, 2.24) is 9.88 Å². The lowest BCUT2D eigenvalue weighted by Gasteiger charge is -2.19. The normalized spacial score (nSPS) is 14.4. The van der Waals surface area contributed by atoms with Crippen LogP contribution in [0, 0.1) is 5.82 Å². The summed E-state index contributed by atoms with van der Waals surface area (Å²) in [6.45, 7) is 1.12. The zero-order valence-electron chi connectivity index (χ0n) is 17.2. The number of pyridine rings is 1. The molecule has 0 atom stereocenters. The SMILES string of the molecule is CN(Cc1cccc2c1CN=C2)C(=O)c1ccc(-c2cccc(F)c2)c(OC2CC2)n1. The number of carbonyl (C=O) groups excluding carboxylic acids is 1. The third-order valence-electron chi connectivity index (χ3n) is 5.56. The maximum absolute atomic E-state index is 13.7. The van der Waals surface area contributed by atoms with E-state index in [1.54, 1.807) is 30.1 Å². The fourth-order valence-corrected chi connectivity index (χ4v) is 3.74. The minimum Gasteiger partial charge on any atom is -0.474 e. The van der Waals surface area contributed by atoms with E-state index < -0.39 is 0 Å². The second-order valence-electron chi connectivity index (χ2n) is 7.99. The number of hydrogen-bond donors (Lipinski definition) is 0. The summed E-state index contributed by atoms with van der Waals surface area (Å²) in [6.07, 6.45) is 3.90. The highest BCUT2D eigenvalue weighted by molar-refractivity contribution is 5.93. The lowest BCUT2D eigenvalue weighted by molar-refractivity contribution is 0.0777. The number of halogens is 1. The summed E-state index contributed by atoms with van der Waals surface area (Å²) in [7, 11) is 1.76. The molecular weight excluding hydrogens is 393 g/mol. The number of rotatable bonds is 6. The average molecular weight is 415 g/mol. The number of carbonyl (C=O) groups is 1. The first-order valence-corrected chi connectivity index (χ1v) is 10.4. The van der Waals surface area contributed by atoms with Crippen molar-refractivity contribution in [3.8, 4) is 17.0 Å². The molecular formula is C25H22FN3O2. The highest BCUT2D eigenvalue weighted by Gasteiger charge is 2.27. The largest absolute Gasteiger partial charge is 0.474 e. The fraction of sp³-hybridized carbons (Fsp3) is 0.240. The van der Waals surface area contributed by atoms with Crippen molar-refractivity contribution in [2.24, 2.45) is 4.99 Å². The first-order valence-electron chi connectivity index (χ1n) is 10.4. The van der Waals surface area contributed by atoms with Crippen LogP contribution in [-0.2, 0) is 13.1 Å². The lowest BCUT2D eigenvalue weighted by Crippen LogP contribution is -2.27. The number of aliphatic imine (C=N–C) groups is 1. The Morgan fingerprint density at radius 2 is 2.00 bits per heavy atom. The van der Waals surface area contributed by atoms with Gasteiger partial charge in [0.15, 0.2) is 0 Å². The van der Waals surface area contributed by atoms with Gasteiger partial charge >= 0.3 is 0 Å². The van der Waals surface area contributed by atoms with Gasteiger partial charge in [-0.1, -0.05) is 30.3 Å². The lowest BCUT2D eigenvalue weighted by atomic mass is 10.0. The molecule has 0 bridgehead atoms. The predicted octanol–water partition coefficient (Wildman–Crippen LogP) is 4.63. The van der Waals surface area contributed by atoms with Crippen LogP contribution in [0.15, 0.2) is 59.6 Å². The van der Waals surface area contributed by atoms with E-state index in [9.17, 15) is 9.18 Å². The van der Waals surface area contributed by atoms with Crippen molar-refractivity contribution in [2.45, 2.75) is 32.0 Å². The molecule has 2 aromatic carbocycles. The van der Waals surface area contributed by atoms with E-state index in [1.165, 1.54) is 12.1 Å². The van der Waals surface area contributed by atoms with Crippen LogP contribution in [-0.4, -0.2) is 35.2 Å². The molecule has 1 saturated carbocycles. The highest BCUT2D eigenvalue weighted by Crippen LogP contribution is 2.34. The molecule has 0 N–H and O–H groups in total. The van der Waals surface area contributed by atoms with Gasteiger partial charge in [0.05, 0.1) is 6.54 Å². The molecule has 2 aliphatic rings. The summed E-state index contributed by atoms with van der Waals surface area (Å²) in [5.41, 5.74) is 5.02. The molecule has 1 aliphatic heterocycles. The number of aromatic nitrogens is 1. The summed E-state index contributed by atoms with van der Waals surface area (Å²) >= 11 is 0. The standard InChI is InChI=1S/C25H22FN3O2/c1-29(15-18-6-2-5-17-13-27-14-22(17)18)25(30)23-11-10-21(16-4-3-7-19(26)12-16)24(28-23)31-20-8-9-20/h2-7,10-13,20H,8-9,14-15H2,1H3. The van der Waals surface area contributed by atoms with Gasteiger partial charge < -0.3 is 9.64 Å². The van der Waals surface area contributed by atoms with E-state index in [0.717, 1.165) is 29.5 Å². The Bertz CT molecular complexity index is 1190. The minimum absolute atomic E-state index is 0.106. The Labute approximate surface area is 180 Å². The highest BCUT2D eigenvalue weighted by atomic mass is 19.1. The van der Waals surface area contributed by atoms with Gasteiger partial charge in [0.1, 0.15) is 17.6 Å². The summed E-state index contributed by atoms with van der Waals surface area (Å²) < 4.78 is 19.7. The van der Waals surface area contributed by atoms with Crippen molar-refractivity contribution in [3.63, 3.8) is 0 Å². The van der Waals surface area contributed by atoms with Gasteiger partial charge in [-0.15, -0.1) is 0 Å². The number of fused-ring (bicyclic) bond motifs is 1. The Morgan fingerprint density at radius 3 is 2.81 bits per heavy atom. The molecule has 0 unspecified atom stereocenters. The van der Waals surface area contributed by atoms with Gasteiger partial charge in [0.25, 0.3) is 5.91 Å². The molecule has 0 spiro atoms. The van der Waals surface area contributed by atoms with E-state index >= 15 is 0 Å². The summed E-state index contributed by atoms with van der Waals surface area (Å²) in [4.78, 5) is 23.6. The van der Waals surface area contributed by atoms with Crippen LogP contribution in [0.3, 0.4) is 0 Å². The molecule has 2 heterocycles. The quantitative estimate of drug-likeness (QED) is 0.590. The number of ether oxygens (including phenoxy) is 1. The molecule has 3 aromatic rings. The zero-order valence-corrected chi connectivity index (χ0v) is 17.2. The van der Waals surface area contributed by atoms with Crippen molar-refractivity contribution >= 4 is 12.1 Å². The van der Waals surface area contributed by atoms with Crippen LogP contribution in [0.25, 0.3) is 11.1 Å². The Balaban J connectivity index is 1.41. The smallest absolute Gasteiger partial charge is 0.272 e. The minimum atomic E-state index is -0.325. The molecule has 1 aromatic heterocycles. The van der Waals surface area contributed by atoms with E-state index in [0.29, 0.717) is 35.8 Å². The monoisotopic (exact) mass is 415 g/mol. The van der Waals surface area contributed by atoms with Crippen LogP contribution < -0.4 is 4.74 Å². The molecule has 0 saturated heterocycles. The maximum Gasteiger partial charge on any atom is 0.272 e. The third-order valence-corrected chi connectivity index (χ3v) is 5.56. The Kier molecular flexibility index (Phi) is 4.98. The van der Waals surface area contributed by atoms with Gasteiger partial charge in [-0.25, -0.2) is 9.37 Å². The maximum atomic E-state index is 13.7. The first kappa shape index (κ1) is 19.4. The van der Waals surface area contributed by atoms with Gasteiger partial charge in [0, 0.05) is 25.4 Å². The molecule has 1 fully saturated rings. The molecule has 1 amide bonds. The summed E-state index contributed by atoms with van der Waals surface area (Å²) in [6, 6.07) is 15.8. The van der Waals surface area contributed by atoms with Crippen molar-refractivity contribution in [1.29, 1.82) is 0 Å². The van der Waals surface area contributed by atoms with Crippen molar-refractivity contribution in [2.75, 3.05) is 7.05 Å². The Morgan fingerprint density at radius 1 is 1.16 bits per heavy atom. The second-order valence-corrected chi connectivity index (χ2v) is 7.99. The molecule has 6 heteroatoms. The van der Waals surface area contributed by atoms with E-state index in [2.05, 4.69) is 9.98 Å². The van der Waals surface area contributed by atoms with Crippen LogP contribution in [0.2, 0.25) is 0 Å². The Hall–Kier alpha value is -3.54. The number of nitrogens with zero attached hydrogens (tertiary/aromatic N) is 3. The molecule has 1 aliphatic carbocycles. The van der Waals surface area contributed by atoms with E-state index in [1.807, 2.05) is 30.5 Å². The average Bonchev–Trinajstić information content (AvgIpc) is 3.45. The molecule has 5 nitrogen and oxygen atoms in total. The van der Waals surface area contributed by atoms with Gasteiger partial charge in [-0.3, -0.25) is 9.79 Å². The van der Waals surface area contributed by atoms with Crippen molar-refractivity contribution < 1.29 is 13.9 Å². The third kappa shape index (κ3) is 4.06. The van der Waals surface area contributed by atoms with Gasteiger partial charge in [-0.2, -0.15) is 0 Å². The molecule has 0 radical (unpaired) electrons. The summed E-state index contributed by atoms with van der Waals surface area (Å²) in [5, 5.41) is 0. The number of amides is 1. The van der Waals surface area contributed by atoms with Crippen molar-refractivity contribution in [3.05, 3.63) is 82.8 Å². The van der Waals surface area contributed by atoms with Crippen LogP contribution in [0.5, 0.6) is 5.88 Å². The fourth-order valence-electron chi connectivity index (χ4n) is 3.74. The van der Waals surface area contributed by atoms with Gasteiger partial charge in [-0.05, 0) is 59.4 Å². The molecule has 156 valence electrons. The molecule has 5 rings (SSSR count). The van der Waals surface area contributed by atoms with E-state index in [-0.39, 0.29) is 17.8 Å². The van der Waals surface area contributed by atoms with Crippen LogP contribution >= 0.6 is 0 Å². The predicted molar refractivity (Wildman–Crippen MR) is 117 cm³/mol. The van der Waals surface area contributed by atoms with Crippen LogP contribution in [0.1, 0.15) is 40.0 Å². The second kappa shape index (κ2) is 7.95. The van der Waals surface area contributed by atoms with Gasteiger partial charge in [0.2, 0.25) is 5.88 Å². The summed E-state index contributed by atoms with van der Waals surface area (Å²) in [5.74, 6) is -0.140.